The van der Waals surface area contributed by atoms with Crippen molar-refractivity contribution in [3.63, 3.8) is 0 Å². The monoisotopic (exact) mass is 304 g/mol. The number of sulfone groups is 1. The van der Waals surface area contributed by atoms with Gasteiger partial charge in [-0.25, -0.2) is 8.42 Å². The van der Waals surface area contributed by atoms with Crippen molar-refractivity contribution in [3.8, 4) is 0 Å². The summed E-state index contributed by atoms with van der Waals surface area (Å²) in [5, 5.41) is 0. The smallest absolute Gasteiger partial charge is 0.175 e. The van der Waals surface area contributed by atoms with Crippen LogP contribution in [0.3, 0.4) is 0 Å². The standard InChI is InChI=1S/C11H13BrO3S/c1-8(6-7-13)11-9(12)4-3-5-10(11)16(2,14)15/h3-5,7-8H,6H2,1-2H3. The van der Waals surface area contributed by atoms with E-state index in [1.165, 1.54) is 6.26 Å². The first-order valence-corrected chi connectivity index (χ1v) is 7.48. The van der Waals surface area contributed by atoms with Crippen LogP contribution in [0.15, 0.2) is 27.6 Å². The molecule has 0 aliphatic carbocycles. The highest BCUT2D eigenvalue weighted by molar-refractivity contribution is 9.10. The van der Waals surface area contributed by atoms with Gasteiger partial charge in [-0.15, -0.1) is 0 Å². The molecule has 0 spiro atoms. The first-order chi connectivity index (χ1) is 7.38. The third kappa shape index (κ3) is 2.92. The Morgan fingerprint density at radius 1 is 1.44 bits per heavy atom. The van der Waals surface area contributed by atoms with Crippen LogP contribution >= 0.6 is 15.9 Å². The summed E-state index contributed by atoms with van der Waals surface area (Å²) in [6.07, 6.45) is 2.28. The number of benzene rings is 1. The molecular weight excluding hydrogens is 292 g/mol. The van der Waals surface area contributed by atoms with Gasteiger partial charge in [0, 0.05) is 17.1 Å². The fourth-order valence-corrected chi connectivity index (χ4v) is 3.51. The van der Waals surface area contributed by atoms with Gasteiger partial charge in [0.25, 0.3) is 0 Å². The molecule has 1 atom stereocenters. The fraction of sp³-hybridized carbons (Fsp3) is 0.364. The highest BCUT2D eigenvalue weighted by Gasteiger charge is 2.19. The molecule has 0 fully saturated rings. The van der Waals surface area contributed by atoms with Crippen LogP contribution in [-0.2, 0) is 14.6 Å². The maximum atomic E-state index is 11.6. The molecule has 1 aromatic rings. The lowest BCUT2D eigenvalue weighted by molar-refractivity contribution is -0.108. The van der Waals surface area contributed by atoms with Gasteiger partial charge in [0.1, 0.15) is 6.29 Å². The largest absolute Gasteiger partial charge is 0.303 e. The van der Waals surface area contributed by atoms with Crippen molar-refractivity contribution in [1.82, 2.24) is 0 Å². The molecular formula is C11H13BrO3S. The highest BCUT2D eigenvalue weighted by atomic mass is 79.9. The molecule has 0 aliphatic rings. The van der Waals surface area contributed by atoms with Gasteiger partial charge in [-0.05, 0) is 23.6 Å². The zero-order valence-corrected chi connectivity index (χ0v) is 11.5. The number of hydrogen-bond acceptors (Lipinski definition) is 3. The molecule has 0 saturated carbocycles. The van der Waals surface area contributed by atoms with E-state index in [9.17, 15) is 13.2 Å². The van der Waals surface area contributed by atoms with Crippen LogP contribution in [0.5, 0.6) is 0 Å². The molecule has 0 bridgehead atoms. The summed E-state index contributed by atoms with van der Waals surface area (Å²) < 4.78 is 23.9. The van der Waals surface area contributed by atoms with Crippen molar-refractivity contribution in [2.75, 3.05) is 6.26 Å². The van der Waals surface area contributed by atoms with E-state index in [1.807, 2.05) is 6.92 Å². The highest BCUT2D eigenvalue weighted by Crippen LogP contribution is 2.32. The lowest BCUT2D eigenvalue weighted by Crippen LogP contribution is -2.06. The first kappa shape index (κ1) is 13.4. The molecule has 0 saturated heterocycles. The molecule has 1 rings (SSSR count). The van der Waals surface area contributed by atoms with E-state index in [2.05, 4.69) is 15.9 Å². The summed E-state index contributed by atoms with van der Waals surface area (Å²) >= 11 is 3.33. The normalized spacial score (nSPS) is 13.4. The van der Waals surface area contributed by atoms with E-state index in [1.54, 1.807) is 18.2 Å². The predicted molar refractivity (Wildman–Crippen MR) is 66.3 cm³/mol. The van der Waals surface area contributed by atoms with Gasteiger partial charge in [-0.3, -0.25) is 0 Å². The van der Waals surface area contributed by atoms with Gasteiger partial charge >= 0.3 is 0 Å². The van der Waals surface area contributed by atoms with Gasteiger partial charge in [-0.1, -0.05) is 28.9 Å². The molecule has 0 heterocycles. The van der Waals surface area contributed by atoms with Crippen LogP contribution in [-0.4, -0.2) is 21.0 Å². The van der Waals surface area contributed by atoms with Gasteiger partial charge < -0.3 is 4.79 Å². The minimum Gasteiger partial charge on any atom is -0.303 e. The minimum atomic E-state index is -3.27. The second-order valence-electron chi connectivity index (χ2n) is 3.73. The van der Waals surface area contributed by atoms with Crippen molar-refractivity contribution >= 4 is 32.1 Å². The maximum Gasteiger partial charge on any atom is 0.175 e. The van der Waals surface area contributed by atoms with E-state index < -0.39 is 9.84 Å². The Labute approximate surface area is 104 Å². The first-order valence-electron chi connectivity index (χ1n) is 4.80. The second kappa shape index (κ2) is 5.10. The Hall–Kier alpha value is -0.680. The number of carbonyl (C=O) groups is 1. The summed E-state index contributed by atoms with van der Waals surface area (Å²) in [6.45, 7) is 1.84. The third-order valence-electron chi connectivity index (χ3n) is 2.35. The van der Waals surface area contributed by atoms with Gasteiger partial charge in [0.05, 0.1) is 4.90 Å². The number of hydrogen-bond donors (Lipinski definition) is 0. The Balaban J connectivity index is 3.41. The molecule has 0 aromatic heterocycles. The van der Waals surface area contributed by atoms with E-state index in [0.717, 1.165) is 10.8 Å². The second-order valence-corrected chi connectivity index (χ2v) is 6.57. The van der Waals surface area contributed by atoms with Gasteiger partial charge in [0.15, 0.2) is 9.84 Å². The molecule has 1 aromatic carbocycles. The van der Waals surface area contributed by atoms with E-state index in [-0.39, 0.29) is 10.8 Å². The van der Waals surface area contributed by atoms with Crippen LogP contribution < -0.4 is 0 Å². The Morgan fingerprint density at radius 3 is 2.56 bits per heavy atom. The number of rotatable bonds is 4. The lowest BCUT2D eigenvalue weighted by Gasteiger charge is -2.15. The zero-order valence-electron chi connectivity index (χ0n) is 9.10. The summed E-state index contributed by atoms with van der Waals surface area (Å²) in [6, 6.07) is 5.03. The van der Waals surface area contributed by atoms with Crippen molar-refractivity contribution < 1.29 is 13.2 Å². The number of aldehydes is 1. The fourth-order valence-electron chi connectivity index (χ4n) is 1.58. The molecule has 16 heavy (non-hydrogen) atoms. The van der Waals surface area contributed by atoms with E-state index in [4.69, 9.17) is 0 Å². The molecule has 0 radical (unpaired) electrons. The predicted octanol–water partition coefficient (Wildman–Crippen LogP) is 2.55. The molecule has 0 amide bonds. The molecule has 3 nitrogen and oxygen atoms in total. The number of halogens is 1. The van der Waals surface area contributed by atoms with E-state index in [0.29, 0.717) is 12.0 Å². The van der Waals surface area contributed by atoms with E-state index >= 15 is 0 Å². The summed E-state index contributed by atoms with van der Waals surface area (Å²) in [5.41, 5.74) is 0.678. The maximum absolute atomic E-state index is 11.6. The number of carbonyl (C=O) groups excluding carboxylic acids is 1. The van der Waals surface area contributed by atoms with Crippen molar-refractivity contribution in [1.29, 1.82) is 0 Å². The Morgan fingerprint density at radius 2 is 2.06 bits per heavy atom. The average Bonchev–Trinajstić information content (AvgIpc) is 2.16. The third-order valence-corrected chi connectivity index (χ3v) is 4.20. The Bertz CT molecular complexity index is 494. The molecule has 0 aliphatic heterocycles. The average molecular weight is 305 g/mol. The topological polar surface area (TPSA) is 51.2 Å². The van der Waals surface area contributed by atoms with Crippen LogP contribution in [0.2, 0.25) is 0 Å². The van der Waals surface area contributed by atoms with Crippen molar-refractivity contribution in [3.05, 3.63) is 28.2 Å². The van der Waals surface area contributed by atoms with Gasteiger partial charge in [-0.2, -0.15) is 0 Å². The van der Waals surface area contributed by atoms with Crippen LogP contribution in [0, 0.1) is 0 Å². The summed E-state index contributed by atoms with van der Waals surface area (Å²) in [4.78, 5) is 10.8. The van der Waals surface area contributed by atoms with Crippen molar-refractivity contribution in [2.24, 2.45) is 0 Å². The zero-order chi connectivity index (χ0) is 12.3. The van der Waals surface area contributed by atoms with Gasteiger partial charge in [0.2, 0.25) is 0 Å². The summed E-state index contributed by atoms with van der Waals surface area (Å²) in [5.74, 6) is -0.113. The SMILES string of the molecule is CC(CC=O)c1c(Br)cccc1S(C)(=O)=O. The lowest BCUT2D eigenvalue weighted by atomic mass is 9.98. The Kier molecular flexibility index (Phi) is 4.27. The molecule has 0 N–H and O–H groups in total. The summed E-state index contributed by atoms with van der Waals surface area (Å²) in [7, 11) is -3.27. The van der Waals surface area contributed by atoms with Crippen LogP contribution in [0.25, 0.3) is 0 Å². The van der Waals surface area contributed by atoms with Crippen LogP contribution in [0.1, 0.15) is 24.8 Å². The van der Waals surface area contributed by atoms with Crippen LogP contribution in [0.4, 0.5) is 0 Å². The van der Waals surface area contributed by atoms with Crippen molar-refractivity contribution in [2.45, 2.75) is 24.2 Å². The minimum absolute atomic E-state index is 0.113. The molecule has 1 unspecified atom stereocenters. The molecule has 5 heteroatoms. The molecule has 88 valence electrons. The quantitative estimate of drug-likeness (QED) is 0.803.